The molecular formula is C25H24N6OS. The third-order valence-corrected chi connectivity index (χ3v) is 5.46. The number of benzene rings is 3. The van der Waals surface area contributed by atoms with Crippen molar-refractivity contribution in [3.8, 4) is 0 Å². The predicted octanol–water partition coefficient (Wildman–Crippen LogP) is 5.08. The number of aromatic nitrogens is 3. The van der Waals surface area contributed by atoms with Crippen molar-refractivity contribution in [1.29, 1.82) is 0 Å². The first-order chi connectivity index (χ1) is 16.1. The number of rotatable bonds is 9. The van der Waals surface area contributed by atoms with Crippen LogP contribution in [-0.2, 0) is 11.3 Å². The van der Waals surface area contributed by atoms with Crippen LogP contribution in [0, 0.1) is 6.92 Å². The van der Waals surface area contributed by atoms with Crippen LogP contribution >= 0.6 is 11.8 Å². The van der Waals surface area contributed by atoms with E-state index in [0.717, 1.165) is 16.9 Å². The number of hydrogen-bond acceptors (Lipinski definition) is 7. The maximum absolute atomic E-state index is 12.4. The summed E-state index contributed by atoms with van der Waals surface area (Å²) < 4.78 is 0. The molecule has 0 spiro atoms. The second-order valence-corrected chi connectivity index (χ2v) is 8.24. The van der Waals surface area contributed by atoms with Crippen molar-refractivity contribution in [2.24, 2.45) is 0 Å². The molecule has 0 unspecified atom stereocenters. The van der Waals surface area contributed by atoms with E-state index in [1.54, 1.807) is 0 Å². The maximum Gasteiger partial charge on any atom is 0.233 e. The Morgan fingerprint density at radius 1 is 0.758 bits per heavy atom. The summed E-state index contributed by atoms with van der Waals surface area (Å²) >= 11 is 1.26. The van der Waals surface area contributed by atoms with Gasteiger partial charge in [0, 0.05) is 17.9 Å². The van der Waals surface area contributed by atoms with Gasteiger partial charge in [-0.25, -0.2) is 0 Å². The summed E-state index contributed by atoms with van der Waals surface area (Å²) in [6.07, 6.45) is 0. The maximum atomic E-state index is 12.4. The van der Waals surface area contributed by atoms with E-state index in [9.17, 15) is 4.79 Å². The average molecular weight is 457 g/mol. The molecule has 0 fully saturated rings. The minimum atomic E-state index is -0.0869. The van der Waals surface area contributed by atoms with E-state index in [0.29, 0.717) is 23.6 Å². The van der Waals surface area contributed by atoms with E-state index in [2.05, 4.69) is 30.9 Å². The Balaban J connectivity index is 1.43. The molecule has 0 aliphatic heterocycles. The van der Waals surface area contributed by atoms with Crippen molar-refractivity contribution in [2.45, 2.75) is 18.6 Å². The van der Waals surface area contributed by atoms with Crippen molar-refractivity contribution in [1.82, 2.24) is 20.3 Å². The zero-order valence-corrected chi connectivity index (χ0v) is 19.0. The van der Waals surface area contributed by atoms with Crippen LogP contribution in [0.2, 0.25) is 0 Å². The number of anilines is 4. The molecule has 0 saturated heterocycles. The van der Waals surface area contributed by atoms with Crippen molar-refractivity contribution >= 4 is 40.9 Å². The minimum Gasteiger partial charge on any atom is -0.351 e. The Hall–Kier alpha value is -3.91. The number of aryl methyl sites for hydroxylation is 1. The number of thioether (sulfide) groups is 1. The van der Waals surface area contributed by atoms with Gasteiger partial charge in [0.2, 0.25) is 17.8 Å². The monoisotopic (exact) mass is 456 g/mol. The molecule has 0 bridgehead atoms. The van der Waals surface area contributed by atoms with Gasteiger partial charge in [-0.05, 0) is 36.8 Å². The fourth-order valence-electron chi connectivity index (χ4n) is 2.92. The van der Waals surface area contributed by atoms with Gasteiger partial charge >= 0.3 is 0 Å². The number of hydrogen-bond donors (Lipinski definition) is 3. The van der Waals surface area contributed by atoms with Crippen LogP contribution < -0.4 is 16.0 Å². The molecule has 33 heavy (non-hydrogen) atoms. The molecule has 0 aliphatic rings. The van der Waals surface area contributed by atoms with Crippen LogP contribution in [0.15, 0.2) is 90.1 Å². The molecule has 4 aromatic rings. The number of nitrogens with one attached hydrogen (secondary N) is 3. The first kappa shape index (κ1) is 22.3. The zero-order valence-electron chi connectivity index (χ0n) is 18.2. The minimum absolute atomic E-state index is 0.0869. The van der Waals surface area contributed by atoms with Gasteiger partial charge in [0.1, 0.15) is 0 Å². The molecule has 4 rings (SSSR count). The Kier molecular flexibility index (Phi) is 7.50. The van der Waals surface area contributed by atoms with Crippen LogP contribution in [-0.4, -0.2) is 26.6 Å². The zero-order chi connectivity index (χ0) is 22.9. The van der Waals surface area contributed by atoms with Gasteiger partial charge in [0.15, 0.2) is 5.16 Å². The molecule has 8 heteroatoms. The first-order valence-electron chi connectivity index (χ1n) is 10.5. The van der Waals surface area contributed by atoms with Crippen molar-refractivity contribution in [3.05, 3.63) is 96.1 Å². The second kappa shape index (κ2) is 11.1. The molecule has 0 aliphatic carbocycles. The van der Waals surface area contributed by atoms with E-state index in [4.69, 9.17) is 0 Å². The highest BCUT2D eigenvalue weighted by atomic mass is 32.2. The fraction of sp³-hybridized carbons (Fsp3) is 0.120. The molecule has 1 heterocycles. The highest BCUT2D eigenvalue weighted by Crippen LogP contribution is 2.21. The van der Waals surface area contributed by atoms with Gasteiger partial charge < -0.3 is 16.0 Å². The quantitative estimate of drug-likeness (QED) is 0.303. The Bertz CT molecular complexity index is 1130. The van der Waals surface area contributed by atoms with Crippen molar-refractivity contribution in [3.63, 3.8) is 0 Å². The highest BCUT2D eigenvalue weighted by molar-refractivity contribution is 7.99. The fourth-order valence-corrected chi connectivity index (χ4v) is 3.59. The van der Waals surface area contributed by atoms with Crippen LogP contribution in [0.3, 0.4) is 0 Å². The summed E-state index contributed by atoms with van der Waals surface area (Å²) in [7, 11) is 0. The van der Waals surface area contributed by atoms with E-state index >= 15 is 0 Å². The summed E-state index contributed by atoms with van der Waals surface area (Å²) in [5.41, 5.74) is 3.97. The molecule has 0 saturated carbocycles. The van der Waals surface area contributed by atoms with Gasteiger partial charge in [-0.2, -0.15) is 15.0 Å². The molecule has 3 aromatic carbocycles. The van der Waals surface area contributed by atoms with Crippen molar-refractivity contribution < 1.29 is 4.79 Å². The standard InChI is InChI=1S/C25H24N6OS/c1-18-12-14-19(15-13-18)16-26-22(32)17-33-25-30-23(27-20-8-4-2-5-9-20)29-24(31-25)28-21-10-6-3-7-11-21/h2-15H,16-17H2,1H3,(H,26,32)(H2,27,28,29,30,31). The first-order valence-corrected chi connectivity index (χ1v) is 11.5. The van der Waals surface area contributed by atoms with E-state index in [-0.39, 0.29) is 11.7 Å². The summed E-state index contributed by atoms with van der Waals surface area (Å²) in [6, 6.07) is 27.4. The van der Waals surface area contributed by atoms with Gasteiger partial charge in [0.05, 0.1) is 5.75 Å². The number of carbonyl (C=O) groups excluding carboxylic acids is 1. The molecule has 3 N–H and O–H groups in total. The highest BCUT2D eigenvalue weighted by Gasteiger charge is 2.11. The number of amides is 1. The largest absolute Gasteiger partial charge is 0.351 e. The predicted molar refractivity (Wildman–Crippen MR) is 133 cm³/mol. The van der Waals surface area contributed by atoms with Crippen LogP contribution in [0.4, 0.5) is 23.3 Å². The van der Waals surface area contributed by atoms with Gasteiger partial charge in [0.25, 0.3) is 0 Å². The van der Waals surface area contributed by atoms with Crippen LogP contribution in [0.5, 0.6) is 0 Å². The molecule has 1 aromatic heterocycles. The third-order valence-electron chi connectivity index (χ3n) is 4.62. The lowest BCUT2D eigenvalue weighted by Gasteiger charge is -2.10. The Morgan fingerprint density at radius 3 is 1.85 bits per heavy atom. The van der Waals surface area contributed by atoms with Crippen LogP contribution in [0.25, 0.3) is 0 Å². The lowest BCUT2D eigenvalue weighted by Crippen LogP contribution is -2.24. The lowest BCUT2D eigenvalue weighted by atomic mass is 10.1. The molecule has 1 amide bonds. The summed E-state index contributed by atoms with van der Waals surface area (Å²) in [6.45, 7) is 2.52. The van der Waals surface area contributed by atoms with Gasteiger partial charge in [-0.15, -0.1) is 0 Å². The normalized spacial score (nSPS) is 10.5. The Morgan fingerprint density at radius 2 is 1.30 bits per heavy atom. The number of carbonyl (C=O) groups is 1. The summed E-state index contributed by atoms with van der Waals surface area (Å²) in [5, 5.41) is 9.77. The summed E-state index contributed by atoms with van der Waals surface area (Å²) in [5.74, 6) is 0.913. The van der Waals surface area contributed by atoms with Gasteiger partial charge in [-0.3, -0.25) is 4.79 Å². The topological polar surface area (TPSA) is 91.8 Å². The van der Waals surface area contributed by atoms with E-state index in [1.165, 1.54) is 17.3 Å². The second-order valence-electron chi connectivity index (χ2n) is 7.30. The lowest BCUT2D eigenvalue weighted by molar-refractivity contribution is -0.118. The van der Waals surface area contributed by atoms with E-state index in [1.807, 2.05) is 91.9 Å². The number of para-hydroxylation sites is 2. The van der Waals surface area contributed by atoms with Gasteiger partial charge in [-0.1, -0.05) is 78.0 Å². The molecule has 7 nitrogen and oxygen atoms in total. The SMILES string of the molecule is Cc1ccc(CNC(=O)CSc2nc(Nc3ccccc3)nc(Nc3ccccc3)n2)cc1. The summed E-state index contributed by atoms with van der Waals surface area (Å²) in [4.78, 5) is 25.8. The molecule has 0 atom stereocenters. The molecule has 0 radical (unpaired) electrons. The molecular weight excluding hydrogens is 432 g/mol. The van der Waals surface area contributed by atoms with Crippen LogP contribution in [0.1, 0.15) is 11.1 Å². The van der Waals surface area contributed by atoms with E-state index < -0.39 is 0 Å². The van der Waals surface area contributed by atoms with Crippen molar-refractivity contribution in [2.75, 3.05) is 16.4 Å². The number of nitrogens with zero attached hydrogens (tertiary/aromatic N) is 3. The molecule has 166 valence electrons. The Labute approximate surface area is 197 Å². The average Bonchev–Trinajstić information content (AvgIpc) is 2.83. The third kappa shape index (κ3) is 7.05. The smallest absolute Gasteiger partial charge is 0.233 e.